The topological polar surface area (TPSA) is 64.7 Å². The fraction of sp³-hybridized carbons (Fsp3) is 0.312. The maximum atomic E-state index is 12.4. The number of nitrogens with zero attached hydrogens (tertiary/aromatic N) is 4. The molecule has 2 aromatic heterocycles. The molecule has 0 aliphatic carbocycles. The lowest BCUT2D eigenvalue weighted by molar-refractivity contribution is -0.124. The molecule has 1 amide bonds. The molecule has 0 radical (unpaired) electrons. The highest BCUT2D eigenvalue weighted by atomic mass is 35.5. The van der Waals surface area contributed by atoms with E-state index in [9.17, 15) is 4.79 Å². The molecule has 23 heavy (non-hydrogen) atoms. The zero-order valence-corrected chi connectivity index (χ0v) is 13.8. The molecule has 0 aliphatic rings. The predicted octanol–water partition coefficient (Wildman–Crippen LogP) is 2.69. The van der Waals surface area contributed by atoms with Gasteiger partial charge in [0.1, 0.15) is 6.04 Å². The molecule has 1 aromatic carbocycles. The van der Waals surface area contributed by atoms with Crippen LogP contribution in [0.15, 0.2) is 36.7 Å². The fourth-order valence-corrected chi connectivity index (χ4v) is 3.00. The third-order valence-electron chi connectivity index (χ3n) is 3.86. The summed E-state index contributed by atoms with van der Waals surface area (Å²) in [5.74, 6) is -0.0814. The summed E-state index contributed by atoms with van der Waals surface area (Å²) in [5.41, 5.74) is 1.71. The fourth-order valence-electron chi connectivity index (χ4n) is 2.72. The second-order valence-corrected chi connectivity index (χ2v) is 5.74. The minimum absolute atomic E-state index is 0.0814. The van der Waals surface area contributed by atoms with Gasteiger partial charge in [-0.2, -0.15) is 10.2 Å². The largest absolute Gasteiger partial charge is 0.348 e. The van der Waals surface area contributed by atoms with Gasteiger partial charge in [-0.3, -0.25) is 14.2 Å². The smallest absolute Gasteiger partial charge is 0.245 e. The number of carbonyl (C=O) groups excluding carboxylic acids is 1. The minimum atomic E-state index is -0.324. The van der Waals surface area contributed by atoms with Crippen LogP contribution in [0, 0.1) is 0 Å². The SMILES string of the molecule is CC[C@@H](C(=O)NCc1nn(C)c2cccc(Cl)c12)n1cccn1. The van der Waals surface area contributed by atoms with E-state index in [0.717, 1.165) is 16.6 Å². The first-order valence-corrected chi connectivity index (χ1v) is 7.86. The standard InChI is InChI=1S/C16H18ClN5O/c1-3-13(22-9-5-8-19-22)16(23)18-10-12-15-11(17)6-4-7-14(15)21(2)20-12/h4-9,13H,3,10H2,1-2H3,(H,18,23)/t13-/m0/s1. The number of fused-ring (bicyclic) bond motifs is 1. The molecule has 6 nitrogen and oxygen atoms in total. The highest BCUT2D eigenvalue weighted by molar-refractivity contribution is 6.35. The van der Waals surface area contributed by atoms with Gasteiger partial charge >= 0.3 is 0 Å². The molecule has 0 bridgehead atoms. The lowest BCUT2D eigenvalue weighted by atomic mass is 10.2. The zero-order valence-electron chi connectivity index (χ0n) is 13.0. The van der Waals surface area contributed by atoms with Crippen molar-refractivity contribution in [2.75, 3.05) is 0 Å². The van der Waals surface area contributed by atoms with Crippen molar-refractivity contribution in [1.82, 2.24) is 24.9 Å². The van der Waals surface area contributed by atoms with Gasteiger partial charge in [-0.15, -0.1) is 0 Å². The molecule has 1 atom stereocenters. The molecule has 0 fully saturated rings. The molecule has 1 N–H and O–H groups in total. The first-order chi connectivity index (χ1) is 11.1. The van der Waals surface area contributed by atoms with E-state index >= 15 is 0 Å². The van der Waals surface area contributed by atoms with Crippen LogP contribution in [0.4, 0.5) is 0 Å². The summed E-state index contributed by atoms with van der Waals surface area (Å²) in [6.07, 6.45) is 4.12. The van der Waals surface area contributed by atoms with Crippen LogP contribution >= 0.6 is 11.6 Å². The third kappa shape index (κ3) is 2.94. The van der Waals surface area contributed by atoms with Crippen molar-refractivity contribution in [2.24, 2.45) is 7.05 Å². The van der Waals surface area contributed by atoms with Crippen LogP contribution in [-0.4, -0.2) is 25.5 Å². The molecule has 0 saturated heterocycles. The first-order valence-electron chi connectivity index (χ1n) is 7.48. The van der Waals surface area contributed by atoms with E-state index in [4.69, 9.17) is 11.6 Å². The van der Waals surface area contributed by atoms with Crippen molar-refractivity contribution >= 4 is 28.4 Å². The average molecular weight is 332 g/mol. The van der Waals surface area contributed by atoms with E-state index in [-0.39, 0.29) is 11.9 Å². The van der Waals surface area contributed by atoms with E-state index in [2.05, 4.69) is 15.5 Å². The highest BCUT2D eigenvalue weighted by Gasteiger charge is 2.19. The van der Waals surface area contributed by atoms with Gasteiger partial charge in [0, 0.05) is 24.8 Å². The number of hydrogen-bond acceptors (Lipinski definition) is 3. The Balaban J connectivity index is 1.79. The van der Waals surface area contributed by atoms with Gasteiger partial charge in [-0.25, -0.2) is 0 Å². The van der Waals surface area contributed by atoms with Crippen molar-refractivity contribution in [1.29, 1.82) is 0 Å². The van der Waals surface area contributed by atoms with Gasteiger partial charge in [0.15, 0.2) is 0 Å². The van der Waals surface area contributed by atoms with Gasteiger partial charge in [0.25, 0.3) is 0 Å². The number of hydrogen-bond donors (Lipinski definition) is 1. The van der Waals surface area contributed by atoms with Crippen LogP contribution in [0.1, 0.15) is 25.1 Å². The quantitative estimate of drug-likeness (QED) is 0.781. The summed E-state index contributed by atoms with van der Waals surface area (Å²) in [6.45, 7) is 2.29. The number of aromatic nitrogens is 4. The second kappa shape index (κ2) is 6.42. The van der Waals surface area contributed by atoms with Crippen LogP contribution in [0.3, 0.4) is 0 Å². The molecular formula is C16H18ClN5O. The van der Waals surface area contributed by atoms with Gasteiger partial charge < -0.3 is 5.32 Å². The molecular weight excluding hydrogens is 314 g/mol. The van der Waals surface area contributed by atoms with Crippen molar-refractivity contribution < 1.29 is 4.79 Å². The Labute approximate surface area is 139 Å². The van der Waals surface area contributed by atoms with Crippen LogP contribution in [-0.2, 0) is 18.4 Å². The predicted molar refractivity (Wildman–Crippen MR) is 89.1 cm³/mol. The van der Waals surface area contributed by atoms with Crippen LogP contribution in [0.25, 0.3) is 10.9 Å². The maximum absolute atomic E-state index is 12.4. The molecule has 0 aliphatic heterocycles. The highest BCUT2D eigenvalue weighted by Crippen LogP contribution is 2.26. The number of halogens is 1. The number of nitrogens with one attached hydrogen (secondary N) is 1. The number of benzene rings is 1. The molecule has 0 saturated carbocycles. The molecule has 120 valence electrons. The molecule has 7 heteroatoms. The van der Waals surface area contributed by atoms with Crippen LogP contribution < -0.4 is 5.32 Å². The summed E-state index contributed by atoms with van der Waals surface area (Å²) in [7, 11) is 1.86. The zero-order chi connectivity index (χ0) is 16.4. The van der Waals surface area contributed by atoms with Gasteiger partial charge in [0.05, 0.1) is 22.8 Å². The normalized spacial score (nSPS) is 12.5. The molecule has 3 aromatic rings. The summed E-state index contributed by atoms with van der Waals surface area (Å²) in [4.78, 5) is 12.4. The van der Waals surface area contributed by atoms with Gasteiger partial charge in [0.2, 0.25) is 5.91 Å². The average Bonchev–Trinajstić information content (AvgIpc) is 3.16. The van der Waals surface area contributed by atoms with E-state index in [1.54, 1.807) is 21.8 Å². The Kier molecular flexibility index (Phi) is 4.34. The Morgan fingerprint density at radius 2 is 2.22 bits per heavy atom. The Morgan fingerprint density at radius 3 is 2.91 bits per heavy atom. The van der Waals surface area contributed by atoms with Crippen LogP contribution in [0.2, 0.25) is 5.02 Å². The molecule has 0 spiro atoms. The number of rotatable bonds is 5. The lowest BCUT2D eigenvalue weighted by Gasteiger charge is -2.15. The molecule has 0 unspecified atom stereocenters. The summed E-state index contributed by atoms with van der Waals surface area (Å²) >= 11 is 6.28. The monoisotopic (exact) mass is 331 g/mol. The van der Waals surface area contributed by atoms with E-state index in [1.165, 1.54) is 0 Å². The van der Waals surface area contributed by atoms with Gasteiger partial charge in [-0.1, -0.05) is 24.6 Å². The van der Waals surface area contributed by atoms with Crippen molar-refractivity contribution in [3.05, 3.63) is 47.4 Å². The second-order valence-electron chi connectivity index (χ2n) is 5.33. The Bertz CT molecular complexity index is 824. The number of aryl methyl sites for hydroxylation is 1. The summed E-state index contributed by atoms with van der Waals surface area (Å²) < 4.78 is 3.44. The Morgan fingerprint density at radius 1 is 1.39 bits per heavy atom. The van der Waals surface area contributed by atoms with E-state index in [1.807, 2.05) is 38.2 Å². The van der Waals surface area contributed by atoms with Crippen LogP contribution in [0.5, 0.6) is 0 Å². The van der Waals surface area contributed by atoms with Crippen molar-refractivity contribution in [2.45, 2.75) is 25.9 Å². The number of amides is 1. The first kappa shape index (κ1) is 15.6. The van der Waals surface area contributed by atoms with E-state index < -0.39 is 0 Å². The Hall–Kier alpha value is -2.34. The maximum Gasteiger partial charge on any atom is 0.245 e. The third-order valence-corrected chi connectivity index (χ3v) is 4.18. The van der Waals surface area contributed by atoms with Crippen molar-refractivity contribution in [3.63, 3.8) is 0 Å². The number of carbonyl (C=O) groups is 1. The molecule has 3 rings (SSSR count). The van der Waals surface area contributed by atoms with Gasteiger partial charge in [-0.05, 0) is 24.6 Å². The van der Waals surface area contributed by atoms with Crippen molar-refractivity contribution in [3.8, 4) is 0 Å². The summed E-state index contributed by atoms with van der Waals surface area (Å²) in [6, 6.07) is 7.16. The van der Waals surface area contributed by atoms with E-state index in [0.29, 0.717) is 18.0 Å². The minimum Gasteiger partial charge on any atom is -0.348 e. The summed E-state index contributed by atoms with van der Waals surface area (Å²) in [5, 5.41) is 13.1. The lowest BCUT2D eigenvalue weighted by Crippen LogP contribution is -2.32. The molecule has 2 heterocycles.